The highest BCUT2D eigenvalue weighted by Gasteiger charge is 2.16. The summed E-state index contributed by atoms with van der Waals surface area (Å²) in [7, 11) is 0. The summed E-state index contributed by atoms with van der Waals surface area (Å²) in [6, 6.07) is 3.87. The molecule has 0 radical (unpaired) electrons. The molecule has 0 saturated carbocycles. The Morgan fingerprint density at radius 3 is 2.71 bits per heavy atom. The van der Waals surface area contributed by atoms with Gasteiger partial charge >= 0.3 is 0 Å². The van der Waals surface area contributed by atoms with E-state index in [0.717, 1.165) is 54.3 Å². The lowest BCUT2D eigenvalue weighted by molar-refractivity contribution is 0.0182. The van der Waals surface area contributed by atoms with Crippen LogP contribution in [0.2, 0.25) is 0 Å². The van der Waals surface area contributed by atoms with Gasteiger partial charge in [-0.3, -0.25) is 0 Å². The van der Waals surface area contributed by atoms with E-state index in [1.165, 1.54) is 0 Å². The van der Waals surface area contributed by atoms with Gasteiger partial charge in [-0.2, -0.15) is 0 Å². The van der Waals surface area contributed by atoms with Crippen molar-refractivity contribution in [1.82, 2.24) is 15.3 Å². The molecule has 112 valence electrons. The molecule has 1 saturated heterocycles. The second-order valence-electron chi connectivity index (χ2n) is 5.46. The molecule has 0 bridgehead atoms. The quantitative estimate of drug-likeness (QED) is 0.898. The highest BCUT2D eigenvalue weighted by atomic mass is 16.6. The number of hydrogen-bond donors (Lipinski definition) is 2. The zero-order valence-electron chi connectivity index (χ0n) is 11.9. The monoisotopic (exact) mass is 289 g/mol. The van der Waals surface area contributed by atoms with Crippen LogP contribution in [0.5, 0.6) is 11.5 Å². The number of imidazole rings is 1. The number of ether oxygens (including phenoxy) is 3. The number of benzene rings is 1. The standard InChI is InChI=1S/C15H19N3O3/c1-3-16-4-2-10(1)21-9-15-17-11-7-13-14(8-12(11)18-15)20-6-5-19-13/h7-8,10,16H,1-6,9H2,(H,17,18). The fraction of sp³-hybridized carbons (Fsp3) is 0.533. The molecule has 2 N–H and O–H groups in total. The molecule has 4 rings (SSSR count). The minimum Gasteiger partial charge on any atom is -0.486 e. The van der Waals surface area contributed by atoms with Crippen molar-refractivity contribution in [3.8, 4) is 11.5 Å². The molecule has 21 heavy (non-hydrogen) atoms. The number of hydrogen-bond acceptors (Lipinski definition) is 5. The van der Waals surface area contributed by atoms with Crippen LogP contribution in [0.4, 0.5) is 0 Å². The van der Waals surface area contributed by atoms with Gasteiger partial charge in [0.1, 0.15) is 25.6 Å². The van der Waals surface area contributed by atoms with E-state index < -0.39 is 0 Å². The van der Waals surface area contributed by atoms with E-state index in [9.17, 15) is 0 Å². The Hall–Kier alpha value is -1.79. The highest BCUT2D eigenvalue weighted by Crippen LogP contribution is 2.33. The molecule has 3 heterocycles. The number of fused-ring (bicyclic) bond motifs is 2. The largest absolute Gasteiger partial charge is 0.486 e. The first kappa shape index (κ1) is 12.9. The molecular weight excluding hydrogens is 270 g/mol. The van der Waals surface area contributed by atoms with Gasteiger partial charge in [-0.05, 0) is 25.9 Å². The van der Waals surface area contributed by atoms with Crippen LogP contribution in [0, 0.1) is 0 Å². The molecule has 6 heteroatoms. The number of aromatic nitrogens is 2. The Kier molecular flexibility index (Phi) is 3.40. The van der Waals surface area contributed by atoms with Crippen molar-refractivity contribution in [2.24, 2.45) is 0 Å². The van der Waals surface area contributed by atoms with Gasteiger partial charge in [0.25, 0.3) is 0 Å². The Bertz CT molecular complexity index is 591. The van der Waals surface area contributed by atoms with Crippen LogP contribution in [0.3, 0.4) is 0 Å². The van der Waals surface area contributed by atoms with Crippen LogP contribution < -0.4 is 14.8 Å². The van der Waals surface area contributed by atoms with Crippen LogP contribution in [0.1, 0.15) is 18.7 Å². The lowest BCUT2D eigenvalue weighted by Gasteiger charge is -2.22. The van der Waals surface area contributed by atoms with Crippen molar-refractivity contribution in [3.63, 3.8) is 0 Å². The van der Waals surface area contributed by atoms with Gasteiger partial charge in [-0.15, -0.1) is 0 Å². The van der Waals surface area contributed by atoms with Crippen LogP contribution >= 0.6 is 0 Å². The predicted octanol–water partition coefficient (Wildman–Crippen LogP) is 1.60. The third-order valence-corrected chi connectivity index (χ3v) is 3.94. The van der Waals surface area contributed by atoms with Gasteiger partial charge in [0, 0.05) is 12.1 Å². The lowest BCUT2D eigenvalue weighted by atomic mass is 10.1. The normalized spacial score (nSPS) is 19.0. The summed E-state index contributed by atoms with van der Waals surface area (Å²) in [5.41, 5.74) is 1.85. The number of nitrogens with zero attached hydrogens (tertiary/aromatic N) is 1. The first-order valence-electron chi connectivity index (χ1n) is 7.49. The van der Waals surface area contributed by atoms with Crippen molar-refractivity contribution in [2.75, 3.05) is 26.3 Å². The second kappa shape index (κ2) is 5.54. The number of H-pyrrole nitrogens is 1. The van der Waals surface area contributed by atoms with Crippen LogP contribution in [-0.2, 0) is 11.3 Å². The van der Waals surface area contributed by atoms with E-state index in [-0.39, 0.29) is 0 Å². The average Bonchev–Trinajstić information content (AvgIpc) is 2.93. The molecule has 1 fully saturated rings. The molecule has 2 aliphatic heterocycles. The van der Waals surface area contributed by atoms with Crippen molar-refractivity contribution in [1.29, 1.82) is 0 Å². The number of aromatic amines is 1. The summed E-state index contributed by atoms with van der Waals surface area (Å²) < 4.78 is 17.1. The molecule has 0 aliphatic carbocycles. The van der Waals surface area contributed by atoms with Crippen molar-refractivity contribution >= 4 is 11.0 Å². The molecular formula is C15H19N3O3. The first-order chi connectivity index (χ1) is 10.4. The van der Waals surface area contributed by atoms with E-state index in [4.69, 9.17) is 14.2 Å². The molecule has 6 nitrogen and oxygen atoms in total. The van der Waals surface area contributed by atoms with Crippen LogP contribution in [0.15, 0.2) is 12.1 Å². The van der Waals surface area contributed by atoms with Crippen LogP contribution in [0.25, 0.3) is 11.0 Å². The number of rotatable bonds is 3. The van der Waals surface area contributed by atoms with Gasteiger partial charge in [-0.1, -0.05) is 0 Å². The Balaban J connectivity index is 1.50. The molecule has 2 aromatic rings. The maximum Gasteiger partial charge on any atom is 0.163 e. The Morgan fingerprint density at radius 2 is 1.90 bits per heavy atom. The van der Waals surface area contributed by atoms with Crippen molar-refractivity contribution in [2.45, 2.75) is 25.6 Å². The fourth-order valence-electron chi connectivity index (χ4n) is 2.83. The molecule has 0 amide bonds. The summed E-state index contributed by atoms with van der Waals surface area (Å²) in [6.07, 6.45) is 2.46. The van der Waals surface area contributed by atoms with Crippen molar-refractivity contribution in [3.05, 3.63) is 18.0 Å². The van der Waals surface area contributed by atoms with Gasteiger partial charge in [0.05, 0.1) is 17.1 Å². The number of nitrogens with one attached hydrogen (secondary N) is 2. The van der Waals surface area contributed by atoms with E-state index in [1.54, 1.807) is 0 Å². The number of piperidine rings is 1. The summed E-state index contributed by atoms with van der Waals surface area (Å²) in [6.45, 7) is 3.77. The zero-order chi connectivity index (χ0) is 14.1. The van der Waals surface area contributed by atoms with Gasteiger partial charge in [0.15, 0.2) is 11.5 Å². The Labute approximate surface area is 122 Å². The first-order valence-corrected chi connectivity index (χ1v) is 7.49. The molecule has 1 aromatic heterocycles. The summed E-state index contributed by atoms with van der Waals surface area (Å²) in [5, 5.41) is 3.33. The topological polar surface area (TPSA) is 68.4 Å². The third kappa shape index (κ3) is 2.69. The maximum absolute atomic E-state index is 5.93. The van der Waals surface area contributed by atoms with Crippen LogP contribution in [-0.4, -0.2) is 42.4 Å². The fourth-order valence-corrected chi connectivity index (χ4v) is 2.83. The minimum absolute atomic E-state index is 0.333. The third-order valence-electron chi connectivity index (χ3n) is 3.94. The summed E-state index contributed by atoms with van der Waals surface area (Å²) in [5.74, 6) is 2.40. The average molecular weight is 289 g/mol. The maximum atomic E-state index is 5.93. The van der Waals surface area contributed by atoms with Gasteiger partial charge < -0.3 is 24.5 Å². The van der Waals surface area contributed by atoms with E-state index >= 15 is 0 Å². The van der Waals surface area contributed by atoms with E-state index in [0.29, 0.717) is 25.9 Å². The molecule has 0 spiro atoms. The van der Waals surface area contributed by atoms with Gasteiger partial charge in [-0.25, -0.2) is 4.98 Å². The molecule has 0 atom stereocenters. The minimum atomic E-state index is 0.333. The lowest BCUT2D eigenvalue weighted by Crippen LogP contribution is -2.32. The summed E-state index contributed by atoms with van der Waals surface area (Å²) >= 11 is 0. The molecule has 2 aliphatic rings. The smallest absolute Gasteiger partial charge is 0.163 e. The SMILES string of the molecule is c1c2c(cc3[nH]c(COC4CCNCC4)nc13)OCCO2. The van der Waals surface area contributed by atoms with Crippen molar-refractivity contribution < 1.29 is 14.2 Å². The van der Waals surface area contributed by atoms with Gasteiger partial charge in [0.2, 0.25) is 0 Å². The highest BCUT2D eigenvalue weighted by molar-refractivity contribution is 5.79. The van der Waals surface area contributed by atoms with E-state index in [1.807, 2.05) is 12.1 Å². The van der Waals surface area contributed by atoms with E-state index in [2.05, 4.69) is 15.3 Å². The summed E-state index contributed by atoms with van der Waals surface area (Å²) in [4.78, 5) is 7.87. The predicted molar refractivity (Wildman–Crippen MR) is 77.8 cm³/mol. The molecule has 1 aromatic carbocycles. The second-order valence-corrected chi connectivity index (χ2v) is 5.46. The molecule has 0 unspecified atom stereocenters. The zero-order valence-corrected chi connectivity index (χ0v) is 11.9. The Morgan fingerprint density at radius 1 is 1.14 bits per heavy atom.